The molecule has 0 aliphatic carbocycles. The number of halogens is 2. The second-order valence-electron chi connectivity index (χ2n) is 6.88. The second-order valence-corrected chi connectivity index (χ2v) is 7.13. The number of carbonyl (C=O) groups excluding carboxylic acids is 2. The van der Waals surface area contributed by atoms with Crippen molar-refractivity contribution in [3.8, 4) is 0 Å². The number of hydrogen-bond donors (Lipinski definition) is 3. The van der Waals surface area contributed by atoms with E-state index in [4.69, 9.17) is 16.3 Å². The van der Waals surface area contributed by atoms with Crippen molar-refractivity contribution in [3.63, 3.8) is 0 Å². The molecule has 0 spiro atoms. The van der Waals surface area contributed by atoms with Gasteiger partial charge in [-0.2, -0.15) is 0 Å². The van der Waals surface area contributed by atoms with E-state index in [1.54, 1.807) is 0 Å². The Morgan fingerprint density at radius 1 is 1.29 bits per heavy atom. The maximum Gasteiger partial charge on any atom is 0.257 e. The van der Waals surface area contributed by atoms with E-state index in [1.165, 1.54) is 23.3 Å². The van der Waals surface area contributed by atoms with Crippen molar-refractivity contribution in [2.45, 2.75) is 18.8 Å². The van der Waals surface area contributed by atoms with Crippen LogP contribution in [0.1, 0.15) is 24.3 Å². The van der Waals surface area contributed by atoms with E-state index in [0.717, 1.165) is 24.7 Å². The molecule has 8 heteroatoms. The quantitative estimate of drug-likeness (QED) is 0.258. The summed E-state index contributed by atoms with van der Waals surface area (Å²) < 4.78 is 17.5. The highest BCUT2D eigenvalue weighted by atomic mass is 35.5. The molecule has 1 atom stereocenters. The van der Waals surface area contributed by atoms with Crippen molar-refractivity contribution in [3.05, 3.63) is 77.8 Å². The third kappa shape index (κ3) is 8.30. The van der Waals surface area contributed by atoms with Crippen LogP contribution in [0.2, 0.25) is 0 Å². The average molecular weight is 448 g/mol. The number of para-hydroxylation sites is 1. The van der Waals surface area contributed by atoms with Gasteiger partial charge >= 0.3 is 0 Å². The summed E-state index contributed by atoms with van der Waals surface area (Å²) >= 11 is 5.40. The molecule has 2 amide bonds. The lowest BCUT2D eigenvalue weighted by atomic mass is 9.98. The molecule has 6 nitrogen and oxygen atoms in total. The summed E-state index contributed by atoms with van der Waals surface area (Å²) in [5.41, 5.74) is 4.05. The van der Waals surface area contributed by atoms with Crippen molar-refractivity contribution in [2.24, 2.45) is 0 Å². The number of benzene rings is 1. The Morgan fingerprint density at radius 2 is 2.10 bits per heavy atom. The van der Waals surface area contributed by atoms with Crippen molar-refractivity contribution in [1.29, 1.82) is 0 Å². The van der Waals surface area contributed by atoms with E-state index in [-0.39, 0.29) is 24.8 Å². The molecule has 31 heavy (non-hydrogen) atoms. The molecular weight excluding hydrogens is 421 g/mol. The van der Waals surface area contributed by atoms with Gasteiger partial charge in [-0.05, 0) is 36.6 Å². The van der Waals surface area contributed by atoms with Gasteiger partial charge in [0.25, 0.3) is 5.91 Å². The van der Waals surface area contributed by atoms with E-state index in [2.05, 4.69) is 34.7 Å². The molecule has 1 aliphatic heterocycles. The van der Waals surface area contributed by atoms with Gasteiger partial charge < -0.3 is 20.7 Å². The molecule has 0 saturated carbocycles. The molecule has 1 aromatic carbocycles. The van der Waals surface area contributed by atoms with Crippen LogP contribution >= 0.6 is 11.6 Å². The first kappa shape index (κ1) is 24.2. The number of allylic oxidation sites excluding steroid dienone is 3. The molecule has 3 N–H and O–H groups in total. The van der Waals surface area contributed by atoms with Gasteiger partial charge in [0.15, 0.2) is 6.61 Å². The van der Waals surface area contributed by atoms with E-state index in [1.807, 2.05) is 12.1 Å². The van der Waals surface area contributed by atoms with Crippen LogP contribution in [-0.4, -0.2) is 38.1 Å². The van der Waals surface area contributed by atoms with Gasteiger partial charge in [0.2, 0.25) is 5.91 Å². The fourth-order valence-corrected chi connectivity index (χ4v) is 3.18. The highest BCUT2D eigenvalue weighted by Gasteiger charge is 2.21. The summed E-state index contributed by atoms with van der Waals surface area (Å²) in [4.78, 5) is 24.0. The van der Waals surface area contributed by atoms with E-state index in [0.29, 0.717) is 30.8 Å². The fraction of sp³-hybridized carbons (Fsp3) is 0.304. The summed E-state index contributed by atoms with van der Waals surface area (Å²) in [5, 5.41) is 8.88. The predicted octanol–water partition coefficient (Wildman–Crippen LogP) is 3.90. The van der Waals surface area contributed by atoms with Crippen molar-refractivity contribution >= 4 is 29.1 Å². The smallest absolute Gasteiger partial charge is 0.257 e. The van der Waals surface area contributed by atoms with Gasteiger partial charge in [-0.15, -0.1) is 0 Å². The number of fused-ring (bicyclic) bond motifs is 1. The molecule has 1 heterocycles. The Hall–Kier alpha value is -3.06. The second kappa shape index (κ2) is 13.3. The number of hydrogen-bond acceptors (Lipinski definition) is 4. The minimum Gasteiger partial charge on any atom is -0.484 e. The minimum atomic E-state index is -0.395. The Kier molecular flexibility index (Phi) is 10.4. The molecule has 0 aromatic heterocycles. The maximum absolute atomic E-state index is 12.3. The molecule has 166 valence electrons. The number of nitrogens with one attached hydrogen (secondary N) is 3. The third-order valence-electron chi connectivity index (χ3n) is 4.72. The largest absolute Gasteiger partial charge is 0.484 e. The minimum absolute atomic E-state index is 0.151. The Balaban J connectivity index is 1.62. The zero-order chi connectivity index (χ0) is 22.5. The number of rotatable bonds is 12. The predicted molar refractivity (Wildman–Crippen MR) is 121 cm³/mol. The first-order chi connectivity index (χ1) is 15.0. The number of amides is 2. The first-order valence-electron chi connectivity index (χ1n) is 9.97. The van der Waals surface area contributed by atoms with Gasteiger partial charge in [-0.1, -0.05) is 36.4 Å². The lowest BCUT2D eigenvalue weighted by molar-refractivity contribution is -0.124. The SMILES string of the molecule is C=C(CCNC(=O)COC(/C=C/F)=C/C=C/Cl)C(=O)NCCC1CNc2ccccc21. The van der Waals surface area contributed by atoms with E-state index in [9.17, 15) is 14.0 Å². The summed E-state index contributed by atoms with van der Waals surface area (Å²) in [5.74, 6) is -0.0990. The van der Waals surface area contributed by atoms with Gasteiger partial charge in [-0.25, -0.2) is 4.39 Å². The molecule has 0 bridgehead atoms. The van der Waals surface area contributed by atoms with Crippen LogP contribution in [0, 0.1) is 0 Å². The van der Waals surface area contributed by atoms with Crippen molar-refractivity contribution in [2.75, 3.05) is 31.6 Å². The highest BCUT2D eigenvalue weighted by Crippen LogP contribution is 2.32. The zero-order valence-electron chi connectivity index (χ0n) is 17.2. The molecule has 1 aromatic rings. The van der Waals surface area contributed by atoms with Crippen LogP contribution in [-0.2, 0) is 14.3 Å². The molecule has 0 radical (unpaired) electrons. The van der Waals surface area contributed by atoms with Crippen LogP contribution in [0.3, 0.4) is 0 Å². The standard InChI is InChI=1S/C23H27ClFN3O3/c1-17(9-13-26-22(29)16-31-19(8-12-25)5-4-11-24)23(30)27-14-10-18-15-28-21-7-3-2-6-20(18)21/h2-8,11-12,18,28H,1,9-10,13-16H2,(H,26,29)(H,27,30)/b11-4+,12-8+,19-5+. The van der Waals surface area contributed by atoms with Crippen LogP contribution in [0.5, 0.6) is 0 Å². The molecule has 2 rings (SSSR count). The van der Waals surface area contributed by atoms with Gasteiger partial charge in [0.1, 0.15) is 5.76 Å². The van der Waals surface area contributed by atoms with Gasteiger partial charge in [0, 0.05) is 48.4 Å². The highest BCUT2D eigenvalue weighted by molar-refractivity contribution is 6.25. The Morgan fingerprint density at radius 3 is 2.87 bits per heavy atom. The Labute approximate surface area is 186 Å². The third-order valence-corrected chi connectivity index (χ3v) is 4.86. The zero-order valence-corrected chi connectivity index (χ0v) is 18.0. The maximum atomic E-state index is 12.3. The molecule has 0 saturated heterocycles. The monoisotopic (exact) mass is 447 g/mol. The topological polar surface area (TPSA) is 79.5 Å². The van der Waals surface area contributed by atoms with Crippen LogP contribution in [0.25, 0.3) is 0 Å². The summed E-state index contributed by atoms with van der Waals surface area (Å²) in [6.07, 6.45) is 5.38. The number of carbonyl (C=O) groups is 2. The van der Waals surface area contributed by atoms with E-state index < -0.39 is 5.91 Å². The van der Waals surface area contributed by atoms with Crippen molar-refractivity contribution < 1.29 is 18.7 Å². The van der Waals surface area contributed by atoms with E-state index >= 15 is 0 Å². The fourth-order valence-electron chi connectivity index (χ4n) is 3.11. The lowest BCUT2D eigenvalue weighted by Gasteiger charge is -2.12. The van der Waals surface area contributed by atoms with Crippen LogP contribution < -0.4 is 16.0 Å². The normalized spacial score (nSPS) is 15.5. The summed E-state index contributed by atoms with van der Waals surface area (Å²) in [6, 6.07) is 8.18. The van der Waals surface area contributed by atoms with Gasteiger partial charge in [-0.3, -0.25) is 9.59 Å². The molecular formula is C23H27ClFN3O3. The van der Waals surface area contributed by atoms with Crippen molar-refractivity contribution in [1.82, 2.24) is 10.6 Å². The van der Waals surface area contributed by atoms with Gasteiger partial charge in [0.05, 0.1) is 6.33 Å². The molecule has 1 aliphatic rings. The summed E-state index contributed by atoms with van der Waals surface area (Å²) in [7, 11) is 0. The van der Waals surface area contributed by atoms with Crippen LogP contribution in [0.4, 0.5) is 10.1 Å². The average Bonchev–Trinajstić information content (AvgIpc) is 3.18. The first-order valence-corrected chi connectivity index (χ1v) is 10.4. The molecule has 0 fully saturated rings. The number of anilines is 1. The Bertz CT molecular complexity index is 867. The lowest BCUT2D eigenvalue weighted by Crippen LogP contribution is -2.31. The summed E-state index contributed by atoms with van der Waals surface area (Å²) in [6.45, 7) is 5.15. The van der Waals surface area contributed by atoms with Crippen LogP contribution in [0.15, 0.2) is 72.3 Å². The molecule has 1 unspecified atom stereocenters. The number of ether oxygens (including phenoxy) is 1.